The topological polar surface area (TPSA) is 44.3 Å². The molecule has 5 heteroatoms. The van der Waals surface area contributed by atoms with Crippen LogP contribution in [0.4, 0.5) is 11.6 Å². The number of nitrogens with one attached hydrogen (secondary N) is 1. The first-order chi connectivity index (χ1) is 10.3. The van der Waals surface area contributed by atoms with E-state index >= 15 is 0 Å². The maximum absolute atomic E-state index is 4.60. The molecule has 5 nitrogen and oxygen atoms in total. The predicted octanol–water partition coefficient (Wildman–Crippen LogP) is 2.28. The molecule has 0 saturated carbocycles. The molecule has 1 aromatic rings. The average Bonchev–Trinajstić information content (AvgIpc) is 2.55. The van der Waals surface area contributed by atoms with E-state index in [1.165, 1.54) is 45.2 Å². The Morgan fingerprint density at radius 3 is 2.43 bits per heavy atom. The SMILES string of the molecule is CNc1cc(N2CCC(N3CCCCC3)CC2)nc(C)n1. The van der Waals surface area contributed by atoms with E-state index in [0.717, 1.165) is 36.6 Å². The number of anilines is 2. The van der Waals surface area contributed by atoms with Crippen molar-refractivity contribution in [2.45, 2.75) is 45.1 Å². The second-order valence-electron chi connectivity index (χ2n) is 6.22. The number of nitrogens with zero attached hydrogens (tertiary/aromatic N) is 4. The van der Waals surface area contributed by atoms with E-state index < -0.39 is 0 Å². The summed E-state index contributed by atoms with van der Waals surface area (Å²) in [7, 11) is 1.91. The van der Waals surface area contributed by atoms with E-state index in [9.17, 15) is 0 Å². The summed E-state index contributed by atoms with van der Waals surface area (Å²) in [5.41, 5.74) is 0. The Hall–Kier alpha value is -1.36. The molecule has 2 saturated heterocycles. The second-order valence-corrected chi connectivity index (χ2v) is 6.22. The molecule has 1 aromatic heterocycles. The Morgan fingerprint density at radius 1 is 1.05 bits per heavy atom. The first-order valence-corrected chi connectivity index (χ1v) is 8.28. The lowest BCUT2D eigenvalue weighted by Gasteiger charge is -2.40. The molecule has 3 rings (SSSR count). The number of aryl methyl sites for hydroxylation is 1. The summed E-state index contributed by atoms with van der Waals surface area (Å²) >= 11 is 0. The third-order valence-corrected chi connectivity index (χ3v) is 4.78. The van der Waals surface area contributed by atoms with Crippen LogP contribution in [0.2, 0.25) is 0 Å². The third-order valence-electron chi connectivity index (χ3n) is 4.78. The first kappa shape index (κ1) is 14.6. The molecular weight excluding hydrogens is 262 g/mol. The van der Waals surface area contributed by atoms with Crippen molar-refractivity contribution in [3.63, 3.8) is 0 Å². The molecule has 0 amide bonds. The molecule has 2 fully saturated rings. The maximum Gasteiger partial charge on any atom is 0.134 e. The summed E-state index contributed by atoms with van der Waals surface area (Å²) in [5.74, 6) is 2.83. The number of rotatable bonds is 3. The minimum Gasteiger partial charge on any atom is -0.373 e. The number of aromatic nitrogens is 2. The van der Waals surface area contributed by atoms with Crippen LogP contribution in [0.1, 0.15) is 37.9 Å². The van der Waals surface area contributed by atoms with Crippen LogP contribution in [0.3, 0.4) is 0 Å². The molecule has 2 aliphatic rings. The van der Waals surface area contributed by atoms with Gasteiger partial charge in [0.15, 0.2) is 0 Å². The van der Waals surface area contributed by atoms with Crippen LogP contribution in [0.15, 0.2) is 6.07 Å². The van der Waals surface area contributed by atoms with E-state index in [1.807, 2.05) is 14.0 Å². The Bertz CT molecular complexity index is 462. The molecule has 2 aliphatic heterocycles. The van der Waals surface area contributed by atoms with Crippen molar-refractivity contribution in [1.29, 1.82) is 0 Å². The van der Waals surface area contributed by atoms with Gasteiger partial charge in [0.05, 0.1) is 0 Å². The van der Waals surface area contributed by atoms with Gasteiger partial charge in [-0.1, -0.05) is 6.42 Å². The highest BCUT2D eigenvalue weighted by atomic mass is 15.2. The lowest BCUT2D eigenvalue weighted by atomic mass is 10.00. The minimum atomic E-state index is 0.785. The fraction of sp³-hybridized carbons (Fsp3) is 0.750. The van der Waals surface area contributed by atoms with Crippen LogP contribution in [-0.2, 0) is 0 Å². The van der Waals surface area contributed by atoms with Gasteiger partial charge in [-0.15, -0.1) is 0 Å². The van der Waals surface area contributed by atoms with Crippen molar-refractivity contribution in [3.05, 3.63) is 11.9 Å². The van der Waals surface area contributed by atoms with Gasteiger partial charge >= 0.3 is 0 Å². The van der Waals surface area contributed by atoms with E-state index in [2.05, 4.69) is 31.2 Å². The van der Waals surface area contributed by atoms with E-state index in [-0.39, 0.29) is 0 Å². The third kappa shape index (κ3) is 3.46. The van der Waals surface area contributed by atoms with Crippen molar-refractivity contribution in [3.8, 4) is 0 Å². The maximum atomic E-state index is 4.60. The Labute approximate surface area is 127 Å². The number of likely N-dealkylation sites (tertiary alicyclic amines) is 1. The molecule has 0 radical (unpaired) electrons. The van der Waals surface area contributed by atoms with Crippen molar-refractivity contribution in [2.75, 3.05) is 43.4 Å². The number of hydrogen-bond donors (Lipinski definition) is 1. The number of piperidine rings is 2. The van der Waals surface area contributed by atoms with Crippen LogP contribution in [0, 0.1) is 6.92 Å². The largest absolute Gasteiger partial charge is 0.373 e. The van der Waals surface area contributed by atoms with Gasteiger partial charge in [0.1, 0.15) is 17.5 Å². The molecule has 1 N–H and O–H groups in total. The molecular formula is C16H27N5. The summed E-state index contributed by atoms with van der Waals surface area (Å²) in [6, 6.07) is 2.85. The van der Waals surface area contributed by atoms with Gasteiger partial charge in [-0.2, -0.15) is 0 Å². The monoisotopic (exact) mass is 289 g/mol. The van der Waals surface area contributed by atoms with E-state index in [0.29, 0.717) is 0 Å². The van der Waals surface area contributed by atoms with Gasteiger partial charge in [0.25, 0.3) is 0 Å². The molecule has 0 unspecified atom stereocenters. The van der Waals surface area contributed by atoms with Crippen molar-refractivity contribution < 1.29 is 0 Å². The summed E-state index contributed by atoms with van der Waals surface area (Å²) in [6.07, 6.45) is 6.71. The van der Waals surface area contributed by atoms with Crippen molar-refractivity contribution in [2.24, 2.45) is 0 Å². The van der Waals surface area contributed by atoms with Gasteiger partial charge in [-0.05, 0) is 45.7 Å². The van der Waals surface area contributed by atoms with Crippen LogP contribution in [0.5, 0.6) is 0 Å². The van der Waals surface area contributed by atoms with E-state index in [4.69, 9.17) is 0 Å². The fourth-order valence-corrected chi connectivity index (χ4v) is 3.59. The Kier molecular flexibility index (Phi) is 4.58. The highest BCUT2D eigenvalue weighted by Crippen LogP contribution is 2.24. The summed E-state index contributed by atoms with van der Waals surface area (Å²) in [6.45, 7) is 6.80. The van der Waals surface area contributed by atoms with Gasteiger partial charge in [0.2, 0.25) is 0 Å². The molecule has 0 aliphatic carbocycles. The lowest BCUT2D eigenvalue weighted by molar-refractivity contribution is 0.141. The minimum absolute atomic E-state index is 0.785. The number of hydrogen-bond acceptors (Lipinski definition) is 5. The molecule has 0 aromatic carbocycles. The van der Waals surface area contributed by atoms with Gasteiger partial charge < -0.3 is 15.1 Å². The summed E-state index contributed by atoms with van der Waals surface area (Å²) in [5, 5.41) is 3.12. The second kappa shape index (κ2) is 6.60. The van der Waals surface area contributed by atoms with Crippen molar-refractivity contribution in [1.82, 2.24) is 14.9 Å². The fourth-order valence-electron chi connectivity index (χ4n) is 3.59. The van der Waals surface area contributed by atoms with Crippen LogP contribution < -0.4 is 10.2 Å². The zero-order chi connectivity index (χ0) is 14.7. The molecule has 21 heavy (non-hydrogen) atoms. The van der Waals surface area contributed by atoms with Gasteiger partial charge in [-0.3, -0.25) is 0 Å². The lowest BCUT2D eigenvalue weighted by Crippen LogP contribution is -2.47. The zero-order valence-electron chi connectivity index (χ0n) is 13.3. The standard InChI is InChI=1S/C16H27N5/c1-13-18-15(17-2)12-16(19-13)21-10-6-14(7-11-21)20-8-4-3-5-9-20/h12,14H,3-11H2,1-2H3,(H,17,18,19). The normalized spacial score (nSPS) is 21.5. The molecule has 0 atom stereocenters. The first-order valence-electron chi connectivity index (χ1n) is 8.28. The van der Waals surface area contributed by atoms with Crippen LogP contribution in [0.25, 0.3) is 0 Å². The molecule has 0 spiro atoms. The summed E-state index contributed by atoms with van der Waals surface area (Å²) in [4.78, 5) is 14.1. The zero-order valence-corrected chi connectivity index (χ0v) is 13.3. The highest BCUT2D eigenvalue weighted by molar-refractivity contribution is 5.49. The molecule has 0 bridgehead atoms. The van der Waals surface area contributed by atoms with E-state index in [1.54, 1.807) is 0 Å². The van der Waals surface area contributed by atoms with Crippen LogP contribution in [-0.4, -0.2) is 54.1 Å². The van der Waals surface area contributed by atoms with Gasteiger partial charge in [0, 0.05) is 32.2 Å². The van der Waals surface area contributed by atoms with Gasteiger partial charge in [-0.25, -0.2) is 9.97 Å². The molecule has 3 heterocycles. The Morgan fingerprint density at radius 2 is 1.76 bits per heavy atom. The smallest absolute Gasteiger partial charge is 0.134 e. The molecule has 116 valence electrons. The quantitative estimate of drug-likeness (QED) is 0.925. The predicted molar refractivity (Wildman–Crippen MR) is 87.0 cm³/mol. The Balaban J connectivity index is 1.61. The average molecular weight is 289 g/mol. The summed E-state index contributed by atoms with van der Waals surface area (Å²) < 4.78 is 0. The highest BCUT2D eigenvalue weighted by Gasteiger charge is 2.26. The van der Waals surface area contributed by atoms with Crippen molar-refractivity contribution >= 4 is 11.6 Å². The van der Waals surface area contributed by atoms with Crippen LogP contribution >= 0.6 is 0 Å².